The van der Waals surface area contributed by atoms with Gasteiger partial charge in [0.2, 0.25) is 5.88 Å². The van der Waals surface area contributed by atoms with Crippen LogP contribution >= 0.6 is 0 Å². The van der Waals surface area contributed by atoms with E-state index in [0.717, 1.165) is 23.3 Å². The van der Waals surface area contributed by atoms with Crippen LogP contribution in [0.25, 0.3) is 0 Å². The number of carbonyl (C=O) groups is 1. The number of allylic oxidation sites excluding steroid dienone is 1. The van der Waals surface area contributed by atoms with Gasteiger partial charge in [-0.05, 0) is 60.4 Å². The van der Waals surface area contributed by atoms with Crippen molar-refractivity contribution < 1.29 is 23.7 Å². The molecule has 1 unspecified atom stereocenters. The van der Waals surface area contributed by atoms with Crippen LogP contribution in [0.5, 0.6) is 23.0 Å². The molecule has 1 aliphatic rings. The Bertz CT molecular complexity index is 1340. The van der Waals surface area contributed by atoms with E-state index in [0.29, 0.717) is 47.5 Å². The number of hydrogen-bond donors (Lipinski definition) is 1. The zero-order chi connectivity index (χ0) is 26.4. The number of carbonyl (C=O) groups excluding carboxylic acids is 1. The molecule has 4 rings (SSSR count). The third-order valence-corrected chi connectivity index (χ3v) is 5.74. The Hall–Kier alpha value is -4.44. The maximum Gasteiger partial charge on any atom is 0.343 e. The SMILES string of the molecule is CCCOc1cccc(C2C(C#N)=C(N)Oc3cc(OC(=O)c4ccc(OCC(C)C)cc4)ccc32)c1. The number of nitriles is 1. The number of hydrogen-bond acceptors (Lipinski definition) is 7. The maximum atomic E-state index is 12.7. The molecule has 0 spiro atoms. The Morgan fingerprint density at radius 3 is 2.49 bits per heavy atom. The van der Waals surface area contributed by atoms with E-state index in [9.17, 15) is 10.1 Å². The van der Waals surface area contributed by atoms with Crippen molar-refractivity contribution in [1.82, 2.24) is 0 Å². The van der Waals surface area contributed by atoms with Crippen LogP contribution in [0.15, 0.2) is 78.2 Å². The van der Waals surface area contributed by atoms with Gasteiger partial charge in [0.15, 0.2) is 0 Å². The first-order valence-corrected chi connectivity index (χ1v) is 12.3. The van der Waals surface area contributed by atoms with Gasteiger partial charge in [0.1, 0.15) is 34.6 Å². The molecule has 7 heteroatoms. The zero-order valence-electron chi connectivity index (χ0n) is 21.2. The first-order chi connectivity index (χ1) is 17.9. The Balaban J connectivity index is 1.56. The van der Waals surface area contributed by atoms with Crippen molar-refractivity contribution in [2.24, 2.45) is 11.7 Å². The Labute approximate surface area is 217 Å². The molecule has 3 aromatic rings. The van der Waals surface area contributed by atoms with Crippen molar-refractivity contribution >= 4 is 5.97 Å². The lowest BCUT2D eigenvalue weighted by atomic mass is 9.83. The van der Waals surface area contributed by atoms with Gasteiger partial charge >= 0.3 is 5.97 Å². The first-order valence-electron chi connectivity index (χ1n) is 12.3. The lowest BCUT2D eigenvalue weighted by molar-refractivity contribution is 0.0734. The van der Waals surface area contributed by atoms with E-state index in [1.54, 1.807) is 42.5 Å². The average molecular weight is 499 g/mol. The number of benzene rings is 3. The Morgan fingerprint density at radius 2 is 1.78 bits per heavy atom. The molecule has 2 N–H and O–H groups in total. The largest absolute Gasteiger partial charge is 0.494 e. The van der Waals surface area contributed by atoms with E-state index in [1.165, 1.54) is 0 Å². The van der Waals surface area contributed by atoms with Gasteiger partial charge in [-0.15, -0.1) is 0 Å². The topological polar surface area (TPSA) is 104 Å². The molecule has 1 heterocycles. The highest BCUT2D eigenvalue weighted by molar-refractivity contribution is 5.91. The van der Waals surface area contributed by atoms with Crippen LogP contribution in [-0.4, -0.2) is 19.2 Å². The number of nitrogens with two attached hydrogens (primary N) is 1. The minimum Gasteiger partial charge on any atom is -0.494 e. The molecule has 0 bridgehead atoms. The second-order valence-electron chi connectivity index (χ2n) is 9.16. The summed E-state index contributed by atoms with van der Waals surface area (Å²) in [5.74, 6) is 1.60. The highest BCUT2D eigenvalue weighted by Crippen LogP contribution is 2.44. The fraction of sp³-hybridized carbons (Fsp3) is 0.267. The molecule has 1 aliphatic heterocycles. The molecule has 0 aliphatic carbocycles. The maximum absolute atomic E-state index is 12.7. The molecule has 0 amide bonds. The number of rotatable bonds is 9. The summed E-state index contributed by atoms with van der Waals surface area (Å²) in [4.78, 5) is 12.7. The van der Waals surface area contributed by atoms with Gasteiger partial charge < -0.3 is 24.7 Å². The predicted octanol–water partition coefficient (Wildman–Crippen LogP) is 5.95. The van der Waals surface area contributed by atoms with Crippen molar-refractivity contribution in [3.05, 3.63) is 94.9 Å². The van der Waals surface area contributed by atoms with Crippen LogP contribution in [0, 0.1) is 17.2 Å². The van der Waals surface area contributed by atoms with Crippen molar-refractivity contribution in [2.75, 3.05) is 13.2 Å². The number of nitrogens with zero attached hydrogens (tertiary/aromatic N) is 1. The molecule has 0 saturated carbocycles. The molecule has 37 heavy (non-hydrogen) atoms. The fourth-order valence-corrected chi connectivity index (χ4v) is 3.96. The molecular formula is C30H30N2O5. The van der Waals surface area contributed by atoms with Crippen molar-refractivity contribution in [3.8, 4) is 29.1 Å². The lowest BCUT2D eigenvalue weighted by Crippen LogP contribution is -2.21. The molecule has 7 nitrogen and oxygen atoms in total. The molecule has 0 saturated heterocycles. The minimum atomic E-state index is -0.510. The lowest BCUT2D eigenvalue weighted by Gasteiger charge is -2.27. The number of ether oxygens (including phenoxy) is 4. The number of fused-ring (bicyclic) bond motifs is 1. The van der Waals surface area contributed by atoms with Crippen molar-refractivity contribution in [2.45, 2.75) is 33.1 Å². The van der Waals surface area contributed by atoms with Gasteiger partial charge in [0.05, 0.1) is 24.7 Å². The summed E-state index contributed by atoms with van der Waals surface area (Å²) in [5.41, 5.74) is 8.43. The number of esters is 1. The summed E-state index contributed by atoms with van der Waals surface area (Å²) in [7, 11) is 0. The molecular weight excluding hydrogens is 468 g/mol. The van der Waals surface area contributed by atoms with Crippen LogP contribution in [0.1, 0.15) is 54.6 Å². The van der Waals surface area contributed by atoms with Gasteiger partial charge in [0, 0.05) is 11.6 Å². The minimum absolute atomic E-state index is 0.0142. The summed E-state index contributed by atoms with van der Waals surface area (Å²) in [6.45, 7) is 7.37. The van der Waals surface area contributed by atoms with Crippen molar-refractivity contribution in [3.63, 3.8) is 0 Å². The predicted molar refractivity (Wildman–Crippen MR) is 140 cm³/mol. The van der Waals surface area contributed by atoms with E-state index < -0.39 is 11.9 Å². The molecule has 0 aromatic heterocycles. The average Bonchev–Trinajstić information content (AvgIpc) is 2.90. The van der Waals surface area contributed by atoms with Crippen molar-refractivity contribution in [1.29, 1.82) is 5.26 Å². The standard InChI is InChI=1S/C30H30N2O5/c1-4-14-34-23-7-5-6-21(15-23)28-25-13-12-24(16-27(25)37-29(32)26(28)17-31)36-30(33)20-8-10-22(11-9-20)35-18-19(2)3/h5-13,15-16,19,28H,4,14,18,32H2,1-3H3. The Kier molecular flexibility index (Phi) is 7.99. The van der Waals surface area contributed by atoms with E-state index in [2.05, 4.69) is 19.9 Å². The van der Waals surface area contributed by atoms with E-state index >= 15 is 0 Å². The highest BCUT2D eigenvalue weighted by atomic mass is 16.5. The highest BCUT2D eigenvalue weighted by Gasteiger charge is 2.31. The normalized spacial score (nSPS) is 14.4. The smallest absolute Gasteiger partial charge is 0.343 e. The first kappa shape index (κ1) is 25.6. The summed E-state index contributed by atoms with van der Waals surface area (Å²) >= 11 is 0. The van der Waals surface area contributed by atoms with Gasteiger partial charge in [-0.2, -0.15) is 5.26 Å². The third-order valence-electron chi connectivity index (χ3n) is 5.74. The molecule has 0 radical (unpaired) electrons. The van der Waals surface area contributed by atoms with Gasteiger partial charge in [-0.3, -0.25) is 0 Å². The molecule has 190 valence electrons. The van der Waals surface area contributed by atoms with E-state index in [4.69, 9.17) is 24.7 Å². The van der Waals surface area contributed by atoms with E-state index in [-0.39, 0.29) is 5.88 Å². The second kappa shape index (κ2) is 11.5. The van der Waals surface area contributed by atoms with Crippen LogP contribution in [-0.2, 0) is 0 Å². The summed E-state index contributed by atoms with van der Waals surface area (Å²) < 4.78 is 22.8. The van der Waals surface area contributed by atoms with Crippen LogP contribution < -0.4 is 24.7 Å². The monoisotopic (exact) mass is 498 g/mol. The molecule has 3 aromatic carbocycles. The summed E-state index contributed by atoms with van der Waals surface area (Å²) in [6, 6.07) is 21.7. The van der Waals surface area contributed by atoms with Gasteiger partial charge in [-0.25, -0.2) is 4.79 Å². The zero-order valence-corrected chi connectivity index (χ0v) is 21.2. The van der Waals surface area contributed by atoms with Crippen LogP contribution in [0.3, 0.4) is 0 Å². The van der Waals surface area contributed by atoms with E-state index in [1.807, 2.05) is 31.2 Å². The third kappa shape index (κ3) is 6.04. The van der Waals surface area contributed by atoms with Gasteiger partial charge in [0.25, 0.3) is 0 Å². The fourth-order valence-electron chi connectivity index (χ4n) is 3.96. The quantitative estimate of drug-likeness (QED) is 0.287. The second-order valence-corrected chi connectivity index (χ2v) is 9.16. The van der Waals surface area contributed by atoms with Gasteiger partial charge in [-0.1, -0.05) is 39.0 Å². The summed E-state index contributed by atoms with van der Waals surface area (Å²) in [5, 5.41) is 9.83. The molecule has 0 fully saturated rings. The van der Waals surface area contributed by atoms with Crippen LogP contribution in [0.4, 0.5) is 0 Å². The Morgan fingerprint density at radius 1 is 1.03 bits per heavy atom. The summed E-state index contributed by atoms with van der Waals surface area (Å²) in [6.07, 6.45) is 0.887. The molecule has 1 atom stereocenters. The van der Waals surface area contributed by atoms with Crippen LogP contribution in [0.2, 0.25) is 0 Å².